The lowest BCUT2D eigenvalue weighted by molar-refractivity contribution is 0.301. The van der Waals surface area contributed by atoms with Gasteiger partial charge in [-0.2, -0.15) is 0 Å². The Balaban J connectivity index is 3.02. The molecule has 0 atom stereocenters. The summed E-state index contributed by atoms with van der Waals surface area (Å²) in [6.45, 7) is 8.87. The third-order valence-corrected chi connectivity index (χ3v) is 3.07. The minimum Gasteiger partial charge on any atom is -0.395 e. The molecule has 0 aromatic carbocycles. The molecule has 1 rings (SSSR count). The molecule has 0 bridgehead atoms. The van der Waals surface area contributed by atoms with Crippen molar-refractivity contribution >= 4 is 11.6 Å². The van der Waals surface area contributed by atoms with E-state index in [-0.39, 0.29) is 6.61 Å². The van der Waals surface area contributed by atoms with Gasteiger partial charge in [0.2, 0.25) is 0 Å². The minimum absolute atomic E-state index is 0.146. The second-order valence-corrected chi connectivity index (χ2v) is 4.47. The average Bonchev–Trinajstić information content (AvgIpc) is 2.43. The van der Waals surface area contributed by atoms with Crippen LogP contribution in [0.4, 0.5) is 11.6 Å². The molecule has 0 amide bonds. The van der Waals surface area contributed by atoms with Gasteiger partial charge in [-0.3, -0.25) is 0 Å². The number of hydrogen-bond acceptors (Lipinski definition) is 5. The lowest BCUT2D eigenvalue weighted by Gasteiger charge is -2.25. The number of aliphatic hydroxyl groups is 1. The van der Waals surface area contributed by atoms with E-state index in [9.17, 15) is 5.11 Å². The highest BCUT2D eigenvalue weighted by atomic mass is 16.3. The highest BCUT2D eigenvalue weighted by molar-refractivity contribution is 5.58. The molecule has 0 aliphatic heterocycles. The molecule has 108 valence electrons. The summed E-state index contributed by atoms with van der Waals surface area (Å²) in [5.41, 5.74) is 1.13. The summed E-state index contributed by atoms with van der Waals surface area (Å²) >= 11 is 0. The fraction of sp³-hybridized carbons (Fsp3) is 0.714. The first-order chi connectivity index (χ1) is 9.28. The van der Waals surface area contributed by atoms with Crippen molar-refractivity contribution in [1.82, 2.24) is 9.97 Å². The van der Waals surface area contributed by atoms with E-state index in [1.165, 1.54) is 0 Å². The number of nitrogens with one attached hydrogen (secondary N) is 1. The van der Waals surface area contributed by atoms with Gasteiger partial charge in [0.05, 0.1) is 6.61 Å². The average molecular weight is 266 g/mol. The van der Waals surface area contributed by atoms with Crippen LogP contribution < -0.4 is 10.2 Å². The smallest absolute Gasteiger partial charge is 0.137 e. The van der Waals surface area contributed by atoms with Crippen LogP contribution in [0.5, 0.6) is 0 Å². The van der Waals surface area contributed by atoms with Gasteiger partial charge >= 0.3 is 0 Å². The number of hydrogen-bond donors (Lipinski definition) is 2. The molecule has 0 aliphatic carbocycles. The van der Waals surface area contributed by atoms with Gasteiger partial charge in [0, 0.05) is 25.2 Å². The predicted octanol–water partition coefficient (Wildman–Crippen LogP) is 2.07. The number of aromatic nitrogens is 2. The van der Waals surface area contributed by atoms with Crippen molar-refractivity contribution in [3.8, 4) is 0 Å². The van der Waals surface area contributed by atoms with Crippen molar-refractivity contribution in [1.29, 1.82) is 0 Å². The van der Waals surface area contributed by atoms with Crippen LogP contribution in [0, 0.1) is 0 Å². The van der Waals surface area contributed by atoms with Crippen LogP contribution >= 0.6 is 0 Å². The standard InChI is InChI=1S/C14H26N4O/c1-4-7-8-18(9-10-19)14-12(5-2)13(15-6-3)16-11-17-14/h11,19H,4-10H2,1-3H3,(H,15,16,17). The molecule has 0 spiro atoms. The Labute approximate surface area is 116 Å². The Morgan fingerprint density at radius 2 is 2.00 bits per heavy atom. The summed E-state index contributed by atoms with van der Waals surface area (Å²) in [6, 6.07) is 0. The van der Waals surface area contributed by atoms with E-state index in [1.807, 2.05) is 0 Å². The maximum Gasteiger partial charge on any atom is 0.137 e. The molecule has 0 saturated carbocycles. The quantitative estimate of drug-likeness (QED) is 0.716. The third kappa shape index (κ3) is 4.35. The van der Waals surface area contributed by atoms with Gasteiger partial charge in [-0.05, 0) is 19.8 Å². The van der Waals surface area contributed by atoms with E-state index in [0.29, 0.717) is 6.54 Å². The second-order valence-electron chi connectivity index (χ2n) is 4.47. The summed E-state index contributed by atoms with van der Waals surface area (Å²) in [4.78, 5) is 10.9. The number of unbranched alkanes of at least 4 members (excludes halogenated alkanes) is 1. The molecule has 19 heavy (non-hydrogen) atoms. The van der Waals surface area contributed by atoms with Crippen molar-refractivity contribution in [2.24, 2.45) is 0 Å². The minimum atomic E-state index is 0.146. The second kappa shape index (κ2) is 8.69. The molecular formula is C14H26N4O. The summed E-state index contributed by atoms with van der Waals surface area (Å²) in [7, 11) is 0. The van der Waals surface area contributed by atoms with Gasteiger partial charge in [0.15, 0.2) is 0 Å². The highest BCUT2D eigenvalue weighted by Gasteiger charge is 2.15. The van der Waals surface area contributed by atoms with Crippen molar-refractivity contribution < 1.29 is 5.11 Å². The molecule has 2 N–H and O–H groups in total. The van der Waals surface area contributed by atoms with E-state index in [1.54, 1.807) is 6.33 Å². The van der Waals surface area contributed by atoms with Gasteiger partial charge in [-0.25, -0.2) is 9.97 Å². The Bertz CT molecular complexity index is 370. The third-order valence-electron chi connectivity index (χ3n) is 3.07. The number of rotatable bonds is 9. The Morgan fingerprint density at radius 3 is 2.58 bits per heavy atom. The summed E-state index contributed by atoms with van der Waals surface area (Å²) in [6.07, 6.45) is 4.72. The SMILES string of the molecule is CCCCN(CCO)c1ncnc(NCC)c1CC. The summed E-state index contributed by atoms with van der Waals surface area (Å²) < 4.78 is 0. The fourth-order valence-corrected chi connectivity index (χ4v) is 2.11. The monoisotopic (exact) mass is 266 g/mol. The largest absolute Gasteiger partial charge is 0.395 e. The first-order valence-corrected chi connectivity index (χ1v) is 7.21. The molecule has 0 saturated heterocycles. The topological polar surface area (TPSA) is 61.3 Å². The molecule has 0 radical (unpaired) electrons. The Kier molecular flexibility index (Phi) is 7.18. The van der Waals surface area contributed by atoms with Crippen LogP contribution in [0.25, 0.3) is 0 Å². The maximum absolute atomic E-state index is 9.23. The van der Waals surface area contributed by atoms with Crippen molar-refractivity contribution in [3.05, 3.63) is 11.9 Å². The predicted molar refractivity (Wildman–Crippen MR) is 79.8 cm³/mol. The summed E-state index contributed by atoms with van der Waals surface area (Å²) in [5.74, 6) is 1.87. The van der Waals surface area contributed by atoms with Gasteiger partial charge in [0.1, 0.15) is 18.0 Å². The van der Waals surface area contributed by atoms with Gasteiger partial charge in [-0.1, -0.05) is 20.3 Å². The number of aliphatic hydroxyl groups excluding tert-OH is 1. The fourth-order valence-electron chi connectivity index (χ4n) is 2.11. The maximum atomic E-state index is 9.23. The Hall–Kier alpha value is -1.36. The zero-order valence-corrected chi connectivity index (χ0v) is 12.3. The molecule has 1 aromatic rings. The summed E-state index contributed by atoms with van der Waals surface area (Å²) in [5, 5.41) is 12.5. The molecular weight excluding hydrogens is 240 g/mol. The van der Waals surface area contributed by atoms with Crippen molar-refractivity contribution in [3.63, 3.8) is 0 Å². The van der Waals surface area contributed by atoms with E-state index in [0.717, 1.165) is 49.6 Å². The van der Waals surface area contributed by atoms with Crippen molar-refractivity contribution in [2.45, 2.75) is 40.0 Å². The molecule has 1 aromatic heterocycles. The number of anilines is 2. The normalized spacial score (nSPS) is 10.5. The molecule has 5 heteroatoms. The van der Waals surface area contributed by atoms with Gasteiger partial charge < -0.3 is 15.3 Å². The molecule has 0 fully saturated rings. The Morgan fingerprint density at radius 1 is 1.21 bits per heavy atom. The zero-order valence-electron chi connectivity index (χ0n) is 12.3. The van der Waals surface area contributed by atoms with E-state index in [2.05, 4.69) is 41.0 Å². The first-order valence-electron chi connectivity index (χ1n) is 7.21. The van der Waals surface area contributed by atoms with Crippen LogP contribution in [0.2, 0.25) is 0 Å². The van der Waals surface area contributed by atoms with Crippen LogP contribution in [-0.2, 0) is 6.42 Å². The van der Waals surface area contributed by atoms with E-state index in [4.69, 9.17) is 0 Å². The van der Waals surface area contributed by atoms with Crippen LogP contribution in [0.3, 0.4) is 0 Å². The lowest BCUT2D eigenvalue weighted by Crippen LogP contribution is -2.30. The van der Waals surface area contributed by atoms with E-state index < -0.39 is 0 Å². The molecule has 0 unspecified atom stereocenters. The van der Waals surface area contributed by atoms with Gasteiger partial charge in [0.25, 0.3) is 0 Å². The molecule has 0 aliphatic rings. The van der Waals surface area contributed by atoms with Crippen LogP contribution in [-0.4, -0.2) is 41.3 Å². The van der Waals surface area contributed by atoms with Crippen LogP contribution in [0.1, 0.15) is 39.2 Å². The van der Waals surface area contributed by atoms with Gasteiger partial charge in [-0.15, -0.1) is 0 Å². The van der Waals surface area contributed by atoms with Crippen molar-refractivity contribution in [2.75, 3.05) is 36.5 Å². The highest BCUT2D eigenvalue weighted by Crippen LogP contribution is 2.24. The molecule has 5 nitrogen and oxygen atoms in total. The molecule has 1 heterocycles. The lowest BCUT2D eigenvalue weighted by atomic mass is 10.2. The van der Waals surface area contributed by atoms with Crippen LogP contribution in [0.15, 0.2) is 6.33 Å². The number of nitrogens with zero attached hydrogens (tertiary/aromatic N) is 3. The zero-order chi connectivity index (χ0) is 14.1. The first kappa shape index (κ1) is 15.7. The van der Waals surface area contributed by atoms with E-state index >= 15 is 0 Å².